The van der Waals surface area contributed by atoms with Gasteiger partial charge in [-0.1, -0.05) is 12.1 Å². The first-order valence-electron chi connectivity index (χ1n) is 10.6. The van der Waals surface area contributed by atoms with Crippen LogP contribution in [0.3, 0.4) is 0 Å². The van der Waals surface area contributed by atoms with Crippen molar-refractivity contribution in [1.29, 1.82) is 0 Å². The highest BCUT2D eigenvalue weighted by Crippen LogP contribution is 2.48. The third kappa shape index (κ3) is 4.34. The number of ether oxygens (including phenoxy) is 1. The Bertz CT molecular complexity index is 771. The van der Waals surface area contributed by atoms with E-state index in [0.717, 1.165) is 37.5 Å². The van der Waals surface area contributed by atoms with E-state index in [9.17, 15) is 0 Å². The van der Waals surface area contributed by atoms with Crippen LogP contribution in [0.15, 0.2) is 29.6 Å². The summed E-state index contributed by atoms with van der Waals surface area (Å²) in [5.41, 5.74) is 3.65. The molecule has 1 saturated heterocycles. The first-order valence-corrected chi connectivity index (χ1v) is 11.5. The Labute approximate surface area is 175 Å². The van der Waals surface area contributed by atoms with Gasteiger partial charge in [-0.25, -0.2) is 0 Å². The van der Waals surface area contributed by atoms with Gasteiger partial charge in [-0.2, -0.15) is 0 Å². The average Bonchev–Trinajstić information content (AvgIpc) is 3.30. The molecule has 2 aromatic rings. The van der Waals surface area contributed by atoms with Crippen LogP contribution in [0.5, 0.6) is 0 Å². The molecule has 0 saturated carbocycles. The van der Waals surface area contributed by atoms with Gasteiger partial charge in [0, 0.05) is 40.9 Å². The molecule has 1 fully saturated rings. The Morgan fingerprint density at radius 3 is 2.71 bits per heavy atom. The molecule has 0 spiro atoms. The molecular formula is C24H36N2OS. The Balaban J connectivity index is 1.81. The van der Waals surface area contributed by atoms with Crippen LogP contribution in [-0.4, -0.2) is 35.2 Å². The van der Waals surface area contributed by atoms with Crippen molar-refractivity contribution in [3.8, 4) is 0 Å². The third-order valence-electron chi connectivity index (χ3n) is 6.86. The van der Waals surface area contributed by atoms with Crippen LogP contribution in [-0.2, 0) is 11.2 Å². The van der Waals surface area contributed by atoms with Gasteiger partial charge in [0.1, 0.15) is 0 Å². The molecule has 1 unspecified atom stereocenters. The van der Waals surface area contributed by atoms with Gasteiger partial charge in [-0.05, 0) is 90.4 Å². The normalized spacial score (nSPS) is 21.9. The summed E-state index contributed by atoms with van der Waals surface area (Å²) >= 11 is 1.87. The monoisotopic (exact) mass is 400 g/mol. The van der Waals surface area contributed by atoms with E-state index in [1.54, 1.807) is 0 Å². The summed E-state index contributed by atoms with van der Waals surface area (Å²) in [6.07, 6.45) is 3.50. The molecule has 4 heteroatoms. The molecule has 0 N–H and O–H groups in total. The Hall–Kier alpha value is -1.23. The molecule has 28 heavy (non-hydrogen) atoms. The standard InChI is InChI=1S/C24H36N2OS/c1-7-27-23(5,6)24(13-12-21-9-8-16-28-21)14-15-26(17-24)20(4)22-11-10-18(2)25-19(22)3/h8-11,16,20H,7,12-15,17H2,1-6H3/t20?,24-/m1/s1. The van der Waals surface area contributed by atoms with Gasteiger partial charge < -0.3 is 4.74 Å². The van der Waals surface area contributed by atoms with Crippen molar-refractivity contribution < 1.29 is 4.74 Å². The molecule has 3 nitrogen and oxygen atoms in total. The molecule has 2 atom stereocenters. The van der Waals surface area contributed by atoms with E-state index in [-0.39, 0.29) is 11.0 Å². The Morgan fingerprint density at radius 2 is 2.07 bits per heavy atom. The smallest absolute Gasteiger partial charge is 0.0695 e. The fraction of sp³-hybridized carbons (Fsp3) is 0.625. The minimum atomic E-state index is -0.131. The number of hydrogen-bond acceptors (Lipinski definition) is 4. The maximum absolute atomic E-state index is 6.32. The van der Waals surface area contributed by atoms with Gasteiger partial charge in [-0.15, -0.1) is 11.3 Å². The van der Waals surface area contributed by atoms with Gasteiger partial charge >= 0.3 is 0 Å². The fourth-order valence-corrected chi connectivity index (χ4v) is 5.61. The zero-order valence-corrected chi connectivity index (χ0v) is 19.2. The highest BCUT2D eigenvalue weighted by Gasteiger charge is 2.50. The zero-order chi connectivity index (χ0) is 20.4. The third-order valence-corrected chi connectivity index (χ3v) is 7.80. The van der Waals surface area contributed by atoms with Crippen molar-refractivity contribution >= 4 is 11.3 Å². The summed E-state index contributed by atoms with van der Waals surface area (Å²) in [5.74, 6) is 0. The summed E-state index contributed by atoms with van der Waals surface area (Å²) in [5, 5.41) is 2.19. The number of thiophene rings is 1. The second kappa shape index (κ2) is 8.64. The highest BCUT2D eigenvalue weighted by atomic mass is 32.1. The van der Waals surface area contributed by atoms with Crippen molar-refractivity contribution in [3.05, 3.63) is 51.5 Å². The van der Waals surface area contributed by atoms with Crippen LogP contribution >= 0.6 is 11.3 Å². The van der Waals surface area contributed by atoms with Crippen molar-refractivity contribution in [2.45, 2.75) is 72.4 Å². The van der Waals surface area contributed by atoms with E-state index < -0.39 is 0 Å². The van der Waals surface area contributed by atoms with Crippen LogP contribution in [0.2, 0.25) is 0 Å². The SMILES string of the molecule is CCOC(C)(C)[C@]1(CCc2cccs2)CCN(C(C)c2ccc(C)nc2C)C1. The molecular weight excluding hydrogens is 364 g/mol. The second-order valence-corrected chi connectivity index (χ2v) is 9.86. The maximum Gasteiger partial charge on any atom is 0.0695 e. The van der Waals surface area contributed by atoms with E-state index in [1.807, 2.05) is 11.3 Å². The summed E-state index contributed by atoms with van der Waals surface area (Å²) in [6.45, 7) is 16.2. The predicted octanol–water partition coefficient (Wildman–Crippen LogP) is 5.96. The van der Waals surface area contributed by atoms with Gasteiger partial charge in [0.15, 0.2) is 0 Å². The second-order valence-electron chi connectivity index (χ2n) is 8.83. The molecule has 2 aromatic heterocycles. The average molecular weight is 401 g/mol. The lowest BCUT2D eigenvalue weighted by atomic mass is 9.69. The van der Waals surface area contributed by atoms with Gasteiger partial charge in [-0.3, -0.25) is 9.88 Å². The fourth-order valence-electron chi connectivity index (χ4n) is 4.90. The van der Waals surface area contributed by atoms with Crippen molar-refractivity contribution in [2.24, 2.45) is 5.41 Å². The maximum atomic E-state index is 6.32. The van der Waals surface area contributed by atoms with Crippen LogP contribution in [0.1, 0.15) is 68.4 Å². The Morgan fingerprint density at radius 1 is 1.29 bits per heavy atom. The molecule has 0 aromatic carbocycles. The zero-order valence-electron chi connectivity index (χ0n) is 18.4. The molecule has 3 heterocycles. The van der Waals surface area contributed by atoms with Crippen LogP contribution in [0.25, 0.3) is 0 Å². The number of hydrogen-bond donors (Lipinski definition) is 0. The number of likely N-dealkylation sites (tertiary alicyclic amines) is 1. The summed E-state index contributed by atoms with van der Waals surface area (Å²) in [6, 6.07) is 9.22. The van der Waals surface area contributed by atoms with Gasteiger partial charge in [0.25, 0.3) is 0 Å². The molecule has 0 amide bonds. The Kier molecular flexibility index (Phi) is 6.63. The summed E-state index contributed by atoms with van der Waals surface area (Å²) < 4.78 is 6.32. The van der Waals surface area contributed by atoms with Crippen LogP contribution < -0.4 is 0 Å². The minimum absolute atomic E-state index is 0.131. The van der Waals surface area contributed by atoms with Crippen LogP contribution in [0.4, 0.5) is 0 Å². The number of aromatic nitrogens is 1. The number of rotatable bonds is 8. The van der Waals surface area contributed by atoms with E-state index >= 15 is 0 Å². The van der Waals surface area contributed by atoms with Crippen molar-refractivity contribution in [2.75, 3.05) is 19.7 Å². The number of pyridine rings is 1. The topological polar surface area (TPSA) is 25.4 Å². The molecule has 1 aliphatic rings. The molecule has 0 bridgehead atoms. The predicted molar refractivity (Wildman–Crippen MR) is 119 cm³/mol. The van der Waals surface area contributed by atoms with E-state index in [2.05, 4.69) is 76.1 Å². The lowest BCUT2D eigenvalue weighted by molar-refractivity contribution is -0.108. The molecule has 0 aliphatic carbocycles. The molecule has 0 radical (unpaired) electrons. The first kappa shape index (κ1) is 21.5. The molecule has 154 valence electrons. The lowest BCUT2D eigenvalue weighted by Crippen LogP contribution is -2.48. The number of aryl methyl sites for hydroxylation is 3. The lowest BCUT2D eigenvalue weighted by Gasteiger charge is -2.44. The molecule has 1 aliphatic heterocycles. The van der Waals surface area contributed by atoms with Crippen molar-refractivity contribution in [3.63, 3.8) is 0 Å². The van der Waals surface area contributed by atoms with E-state index in [1.165, 1.54) is 23.3 Å². The molecule has 3 rings (SSSR count). The summed E-state index contributed by atoms with van der Waals surface area (Å²) in [7, 11) is 0. The number of nitrogens with zero attached hydrogens (tertiary/aromatic N) is 2. The highest BCUT2D eigenvalue weighted by molar-refractivity contribution is 7.09. The first-order chi connectivity index (χ1) is 13.3. The summed E-state index contributed by atoms with van der Waals surface area (Å²) in [4.78, 5) is 8.83. The van der Waals surface area contributed by atoms with Crippen molar-refractivity contribution in [1.82, 2.24) is 9.88 Å². The van der Waals surface area contributed by atoms with Crippen LogP contribution in [0, 0.1) is 19.3 Å². The van der Waals surface area contributed by atoms with Gasteiger partial charge in [0.05, 0.1) is 5.60 Å². The quantitative estimate of drug-likeness (QED) is 0.546. The minimum Gasteiger partial charge on any atom is -0.375 e. The van der Waals surface area contributed by atoms with E-state index in [0.29, 0.717) is 6.04 Å². The van der Waals surface area contributed by atoms with Gasteiger partial charge in [0.2, 0.25) is 0 Å². The van der Waals surface area contributed by atoms with E-state index in [4.69, 9.17) is 9.72 Å². The largest absolute Gasteiger partial charge is 0.375 e.